The lowest BCUT2D eigenvalue weighted by molar-refractivity contribution is 0.142. The molecule has 2 N–H and O–H groups in total. The molecule has 0 atom stereocenters. The molecule has 0 heterocycles. The van der Waals surface area contributed by atoms with Crippen LogP contribution in [0.1, 0.15) is 115 Å². The molecule has 0 radical (unpaired) electrons. The van der Waals surface area contributed by atoms with Gasteiger partial charge in [0.25, 0.3) is 0 Å². The maximum absolute atomic E-state index is 11.2. The van der Waals surface area contributed by atoms with Gasteiger partial charge in [0, 0.05) is 5.56 Å². The Morgan fingerprint density at radius 1 is 0.733 bits per heavy atom. The first-order valence-corrected chi connectivity index (χ1v) is 12.3. The Morgan fingerprint density at radius 3 is 1.60 bits per heavy atom. The number of carbonyl (C=O) groups is 1. The summed E-state index contributed by atoms with van der Waals surface area (Å²) < 4.78 is 4.94. The van der Waals surface area contributed by atoms with Gasteiger partial charge in [-0.15, -0.1) is 0 Å². The first kappa shape index (κ1) is 26.6. The second kappa shape index (κ2) is 15.4. The van der Waals surface area contributed by atoms with Crippen molar-refractivity contribution >= 4 is 17.8 Å². The molecule has 0 spiro atoms. The maximum Gasteiger partial charge on any atom is 0.511 e. The van der Waals surface area contributed by atoms with Crippen LogP contribution in [0.2, 0.25) is 5.02 Å². The maximum atomic E-state index is 11.2. The van der Waals surface area contributed by atoms with Crippen LogP contribution in [-0.4, -0.2) is 16.4 Å². The third kappa shape index (κ3) is 8.75. The van der Waals surface area contributed by atoms with Gasteiger partial charge in [-0.05, 0) is 49.7 Å². The molecule has 0 saturated heterocycles. The molecule has 0 aliphatic rings. The standard InChI is InChI=1S/C25H41ClO4/c1-4-7-10-13-16-19-20(17-14-11-8-5-2)22(26)24(30-25(28)29)23(27)21(19)18-15-12-9-6-3/h27H,4-18H2,1-3H3,(H,28,29). The third-order valence-corrected chi connectivity index (χ3v) is 6.12. The number of phenols is 1. The Kier molecular flexibility index (Phi) is 13.7. The molecule has 0 bridgehead atoms. The highest BCUT2D eigenvalue weighted by Crippen LogP contribution is 2.44. The lowest BCUT2D eigenvalue weighted by Gasteiger charge is -2.21. The SMILES string of the molecule is CCCCCCc1c(O)c(OC(=O)O)c(Cl)c(CCCCCC)c1CCCCCC. The number of aromatic hydroxyl groups is 1. The zero-order chi connectivity index (χ0) is 22.4. The second-order valence-corrected chi connectivity index (χ2v) is 8.61. The Balaban J connectivity index is 3.31. The van der Waals surface area contributed by atoms with Crippen LogP contribution >= 0.6 is 11.6 Å². The van der Waals surface area contributed by atoms with Crippen LogP contribution in [0.4, 0.5) is 4.79 Å². The van der Waals surface area contributed by atoms with E-state index in [9.17, 15) is 9.90 Å². The van der Waals surface area contributed by atoms with Crippen LogP contribution < -0.4 is 4.74 Å². The Morgan fingerprint density at radius 2 is 1.17 bits per heavy atom. The molecular formula is C25H41ClO4. The van der Waals surface area contributed by atoms with Crippen LogP contribution in [0.15, 0.2) is 0 Å². The number of unbranched alkanes of at least 4 members (excludes halogenated alkanes) is 9. The van der Waals surface area contributed by atoms with E-state index in [-0.39, 0.29) is 16.5 Å². The van der Waals surface area contributed by atoms with Crippen LogP contribution in [0.3, 0.4) is 0 Å². The molecule has 4 nitrogen and oxygen atoms in total. The summed E-state index contributed by atoms with van der Waals surface area (Å²) in [6, 6.07) is 0. The summed E-state index contributed by atoms with van der Waals surface area (Å²) in [5.74, 6) is -0.167. The van der Waals surface area contributed by atoms with Crippen molar-refractivity contribution in [2.75, 3.05) is 0 Å². The molecule has 5 heteroatoms. The number of phenolic OH excluding ortho intramolecular Hbond substituents is 1. The largest absolute Gasteiger partial charge is 0.511 e. The van der Waals surface area contributed by atoms with Gasteiger partial charge in [0.15, 0.2) is 11.5 Å². The van der Waals surface area contributed by atoms with Crippen LogP contribution in [-0.2, 0) is 19.3 Å². The number of benzene rings is 1. The topological polar surface area (TPSA) is 66.8 Å². The van der Waals surface area contributed by atoms with Crippen molar-refractivity contribution < 1.29 is 19.7 Å². The zero-order valence-corrected chi connectivity index (χ0v) is 20.0. The molecule has 1 aromatic carbocycles. The van der Waals surface area contributed by atoms with E-state index >= 15 is 0 Å². The minimum atomic E-state index is -1.45. The highest BCUT2D eigenvalue weighted by molar-refractivity contribution is 6.33. The molecule has 0 amide bonds. The zero-order valence-electron chi connectivity index (χ0n) is 19.2. The average molecular weight is 441 g/mol. The Labute approximate surface area is 188 Å². The van der Waals surface area contributed by atoms with Gasteiger partial charge in [-0.1, -0.05) is 90.2 Å². The van der Waals surface area contributed by atoms with E-state index in [1.807, 2.05) is 0 Å². The minimum Gasteiger partial charge on any atom is -0.504 e. The van der Waals surface area contributed by atoms with Crippen LogP contribution in [0.25, 0.3) is 0 Å². The number of hydrogen-bond acceptors (Lipinski definition) is 3. The van der Waals surface area contributed by atoms with E-state index in [0.29, 0.717) is 0 Å². The normalized spacial score (nSPS) is 11.1. The van der Waals surface area contributed by atoms with Gasteiger partial charge in [0.2, 0.25) is 0 Å². The fourth-order valence-electron chi connectivity index (χ4n) is 4.03. The lowest BCUT2D eigenvalue weighted by atomic mass is 9.89. The summed E-state index contributed by atoms with van der Waals surface area (Å²) in [5, 5.41) is 20.4. The van der Waals surface area contributed by atoms with Gasteiger partial charge in [-0.2, -0.15) is 0 Å². The van der Waals surface area contributed by atoms with Crippen molar-refractivity contribution in [2.45, 2.75) is 117 Å². The van der Waals surface area contributed by atoms with E-state index in [4.69, 9.17) is 21.4 Å². The van der Waals surface area contributed by atoms with Gasteiger partial charge in [0.1, 0.15) is 0 Å². The monoisotopic (exact) mass is 440 g/mol. The second-order valence-electron chi connectivity index (χ2n) is 8.23. The molecule has 0 aliphatic heterocycles. The molecular weight excluding hydrogens is 400 g/mol. The number of rotatable bonds is 16. The van der Waals surface area contributed by atoms with Gasteiger partial charge in [-0.3, -0.25) is 0 Å². The summed E-state index contributed by atoms with van der Waals surface area (Å²) in [7, 11) is 0. The van der Waals surface area contributed by atoms with Crippen molar-refractivity contribution in [3.05, 3.63) is 21.7 Å². The van der Waals surface area contributed by atoms with E-state index in [1.54, 1.807) is 0 Å². The van der Waals surface area contributed by atoms with Crippen molar-refractivity contribution in [1.29, 1.82) is 0 Å². The molecule has 0 aromatic heterocycles. The minimum absolute atomic E-state index is 0.0818. The van der Waals surface area contributed by atoms with Gasteiger partial charge >= 0.3 is 6.16 Å². The van der Waals surface area contributed by atoms with E-state index < -0.39 is 6.16 Å². The Bertz CT molecular complexity index is 604. The van der Waals surface area contributed by atoms with Crippen molar-refractivity contribution in [2.24, 2.45) is 0 Å². The molecule has 0 saturated carbocycles. The predicted octanol–water partition coefficient (Wildman–Crippen LogP) is 8.47. The Hall–Kier alpha value is -1.42. The number of ether oxygens (including phenoxy) is 1. The van der Waals surface area contributed by atoms with Crippen LogP contribution in [0.5, 0.6) is 11.5 Å². The molecule has 0 fully saturated rings. The molecule has 172 valence electrons. The smallest absolute Gasteiger partial charge is 0.504 e. The quantitative estimate of drug-likeness (QED) is 0.153. The summed E-state index contributed by atoms with van der Waals surface area (Å²) in [5.41, 5.74) is 2.94. The van der Waals surface area contributed by atoms with Crippen molar-refractivity contribution in [1.82, 2.24) is 0 Å². The first-order valence-electron chi connectivity index (χ1n) is 11.9. The van der Waals surface area contributed by atoms with E-state index in [0.717, 1.165) is 93.7 Å². The van der Waals surface area contributed by atoms with Crippen molar-refractivity contribution in [3.8, 4) is 11.5 Å². The summed E-state index contributed by atoms with van der Waals surface area (Å²) >= 11 is 6.62. The van der Waals surface area contributed by atoms with E-state index in [1.165, 1.54) is 19.3 Å². The third-order valence-electron chi connectivity index (χ3n) is 5.72. The lowest BCUT2D eigenvalue weighted by Crippen LogP contribution is -2.10. The molecule has 1 rings (SSSR count). The molecule has 30 heavy (non-hydrogen) atoms. The van der Waals surface area contributed by atoms with Crippen molar-refractivity contribution in [3.63, 3.8) is 0 Å². The summed E-state index contributed by atoms with van der Waals surface area (Å²) in [6.07, 6.45) is 14.3. The van der Waals surface area contributed by atoms with E-state index in [2.05, 4.69) is 20.8 Å². The number of halogens is 1. The highest BCUT2D eigenvalue weighted by atomic mass is 35.5. The van der Waals surface area contributed by atoms with Gasteiger partial charge in [-0.25, -0.2) is 4.79 Å². The highest BCUT2D eigenvalue weighted by Gasteiger charge is 2.25. The first-order chi connectivity index (χ1) is 14.5. The molecule has 0 aliphatic carbocycles. The summed E-state index contributed by atoms with van der Waals surface area (Å²) in [4.78, 5) is 11.2. The fraction of sp³-hybridized carbons (Fsp3) is 0.720. The number of hydrogen-bond donors (Lipinski definition) is 2. The van der Waals surface area contributed by atoms with Gasteiger partial charge < -0.3 is 14.9 Å². The summed E-state index contributed by atoms with van der Waals surface area (Å²) in [6.45, 7) is 6.55. The predicted molar refractivity (Wildman–Crippen MR) is 125 cm³/mol. The number of carboxylic acid groups (broad SMARTS) is 1. The fourth-order valence-corrected chi connectivity index (χ4v) is 4.37. The van der Waals surface area contributed by atoms with Gasteiger partial charge in [0.05, 0.1) is 5.02 Å². The van der Waals surface area contributed by atoms with Crippen LogP contribution in [0, 0.1) is 0 Å². The molecule has 0 unspecified atom stereocenters. The molecule has 1 aromatic rings. The average Bonchev–Trinajstić information content (AvgIpc) is 2.72.